The van der Waals surface area contributed by atoms with E-state index >= 15 is 0 Å². The minimum absolute atomic E-state index is 0.0416. The van der Waals surface area contributed by atoms with Crippen LogP contribution in [0.1, 0.15) is 26.2 Å². The third kappa shape index (κ3) is 2.48. The average molecular weight is 170 g/mol. The number of rotatable bonds is 1. The van der Waals surface area contributed by atoms with E-state index in [0.717, 1.165) is 25.3 Å². The van der Waals surface area contributed by atoms with Crippen LogP contribution in [0.5, 0.6) is 0 Å². The van der Waals surface area contributed by atoms with Crippen molar-refractivity contribution >= 4 is 5.91 Å². The lowest BCUT2D eigenvalue weighted by Crippen LogP contribution is -2.42. The molecule has 0 aromatic carbocycles. The number of likely N-dealkylation sites (N-methyl/N-ethyl adjacent to an activating group) is 1. The number of nitrogens with one attached hydrogen (secondary N) is 2. The van der Waals surface area contributed by atoms with Gasteiger partial charge in [0.25, 0.3) is 0 Å². The van der Waals surface area contributed by atoms with Gasteiger partial charge in [0, 0.05) is 7.05 Å². The summed E-state index contributed by atoms with van der Waals surface area (Å²) in [6.07, 6.45) is 3.32. The van der Waals surface area contributed by atoms with Crippen LogP contribution in [-0.2, 0) is 4.79 Å². The number of carbonyl (C=O) groups is 1. The molecule has 0 aromatic rings. The number of hydrogen-bond donors (Lipinski definition) is 2. The normalized spacial score (nSPS) is 30.8. The second-order valence-corrected chi connectivity index (χ2v) is 3.59. The van der Waals surface area contributed by atoms with Crippen molar-refractivity contribution < 1.29 is 4.79 Å². The Morgan fingerprint density at radius 1 is 1.42 bits per heavy atom. The fraction of sp³-hybridized carbons (Fsp3) is 0.889. The first-order valence-corrected chi connectivity index (χ1v) is 4.69. The molecule has 12 heavy (non-hydrogen) atoms. The molecule has 2 atom stereocenters. The molecule has 1 rings (SSSR count). The van der Waals surface area contributed by atoms with Gasteiger partial charge in [-0.25, -0.2) is 0 Å². The summed E-state index contributed by atoms with van der Waals surface area (Å²) in [6.45, 7) is 3.22. The van der Waals surface area contributed by atoms with Crippen LogP contribution < -0.4 is 10.6 Å². The molecular formula is C9H18N2O. The first-order valence-electron chi connectivity index (χ1n) is 4.69. The van der Waals surface area contributed by atoms with E-state index in [1.165, 1.54) is 6.42 Å². The van der Waals surface area contributed by atoms with Gasteiger partial charge in [0.2, 0.25) is 5.91 Å². The lowest BCUT2D eigenvalue weighted by molar-refractivity contribution is -0.122. The first-order chi connectivity index (χ1) is 5.74. The van der Waals surface area contributed by atoms with Gasteiger partial charge < -0.3 is 10.6 Å². The molecule has 1 unspecified atom stereocenters. The summed E-state index contributed by atoms with van der Waals surface area (Å²) in [5.41, 5.74) is 0. The highest BCUT2D eigenvalue weighted by Gasteiger charge is 2.20. The molecule has 0 aliphatic carbocycles. The monoisotopic (exact) mass is 170 g/mol. The Morgan fingerprint density at radius 3 is 2.83 bits per heavy atom. The second kappa shape index (κ2) is 4.45. The van der Waals surface area contributed by atoms with Crippen molar-refractivity contribution in [2.45, 2.75) is 32.2 Å². The Kier molecular flexibility index (Phi) is 3.53. The van der Waals surface area contributed by atoms with E-state index in [0.29, 0.717) is 0 Å². The molecule has 1 aliphatic rings. The van der Waals surface area contributed by atoms with Crippen LogP contribution in [0.4, 0.5) is 0 Å². The van der Waals surface area contributed by atoms with Gasteiger partial charge in [0.1, 0.15) is 0 Å². The van der Waals surface area contributed by atoms with Crippen molar-refractivity contribution in [2.75, 3.05) is 13.6 Å². The van der Waals surface area contributed by atoms with Crippen LogP contribution in [0, 0.1) is 5.92 Å². The average Bonchev–Trinajstić information content (AvgIpc) is 2.29. The number of carbonyl (C=O) groups excluding carboxylic acids is 1. The smallest absolute Gasteiger partial charge is 0.236 e. The summed E-state index contributed by atoms with van der Waals surface area (Å²) in [6, 6.07) is 0.0416. The van der Waals surface area contributed by atoms with Crippen molar-refractivity contribution in [3.63, 3.8) is 0 Å². The van der Waals surface area contributed by atoms with Gasteiger partial charge in [0.15, 0.2) is 0 Å². The van der Waals surface area contributed by atoms with Gasteiger partial charge in [-0.05, 0) is 31.7 Å². The summed E-state index contributed by atoms with van der Waals surface area (Å²) in [5.74, 6) is 0.885. The highest BCUT2D eigenvalue weighted by molar-refractivity contribution is 5.81. The Bertz CT molecular complexity index is 159. The van der Waals surface area contributed by atoms with Crippen molar-refractivity contribution in [2.24, 2.45) is 5.92 Å². The van der Waals surface area contributed by atoms with Gasteiger partial charge in [-0.1, -0.05) is 6.92 Å². The molecule has 1 amide bonds. The zero-order chi connectivity index (χ0) is 8.97. The van der Waals surface area contributed by atoms with Gasteiger partial charge in [-0.2, -0.15) is 0 Å². The van der Waals surface area contributed by atoms with E-state index in [-0.39, 0.29) is 11.9 Å². The maximum absolute atomic E-state index is 11.3. The molecule has 70 valence electrons. The fourth-order valence-electron chi connectivity index (χ4n) is 1.60. The van der Waals surface area contributed by atoms with Gasteiger partial charge >= 0.3 is 0 Å². The van der Waals surface area contributed by atoms with Crippen LogP contribution in [0.3, 0.4) is 0 Å². The molecule has 1 fully saturated rings. The quantitative estimate of drug-likeness (QED) is 0.602. The second-order valence-electron chi connectivity index (χ2n) is 3.59. The predicted octanol–water partition coefficient (Wildman–Crippen LogP) is 0.511. The molecule has 1 heterocycles. The van der Waals surface area contributed by atoms with E-state index < -0.39 is 0 Å². The van der Waals surface area contributed by atoms with Gasteiger partial charge in [-0.3, -0.25) is 4.79 Å². The molecule has 0 spiro atoms. The molecule has 0 radical (unpaired) electrons. The Hall–Kier alpha value is -0.570. The fourth-order valence-corrected chi connectivity index (χ4v) is 1.60. The summed E-state index contributed by atoms with van der Waals surface area (Å²) >= 11 is 0. The zero-order valence-corrected chi connectivity index (χ0v) is 7.89. The topological polar surface area (TPSA) is 41.1 Å². The Morgan fingerprint density at radius 2 is 2.17 bits per heavy atom. The van der Waals surface area contributed by atoms with Crippen LogP contribution in [0.2, 0.25) is 0 Å². The number of amides is 1. The largest absolute Gasteiger partial charge is 0.358 e. The van der Waals surface area contributed by atoms with Crippen molar-refractivity contribution in [3.8, 4) is 0 Å². The molecule has 3 heteroatoms. The van der Waals surface area contributed by atoms with E-state index in [1.54, 1.807) is 7.05 Å². The molecule has 0 aromatic heterocycles. The molecule has 3 nitrogen and oxygen atoms in total. The van der Waals surface area contributed by atoms with E-state index in [4.69, 9.17) is 0 Å². The SMILES string of the molecule is CNC(=O)[C@@H]1CCC(C)CCN1. The van der Waals surface area contributed by atoms with E-state index in [2.05, 4.69) is 17.6 Å². The molecule has 0 bridgehead atoms. The summed E-state index contributed by atoms with van der Waals surface area (Å²) in [7, 11) is 1.69. The summed E-state index contributed by atoms with van der Waals surface area (Å²) < 4.78 is 0. The lowest BCUT2D eigenvalue weighted by Gasteiger charge is -2.12. The maximum atomic E-state index is 11.3. The number of hydrogen-bond acceptors (Lipinski definition) is 2. The Balaban J connectivity index is 2.40. The van der Waals surface area contributed by atoms with Crippen LogP contribution in [0.25, 0.3) is 0 Å². The van der Waals surface area contributed by atoms with E-state index in [1.807, 2.05) is 0 Å². The standard InChI is InChI=1S/C9H18N2O/c1-7-3-4-8(9(12)10-2)11-6-5-7/h7-8,11H,3-6H2,1-2H3,(H,10,12)/t7?,8-/m0/s1. The third-order valence-corrected chi connectivity index (χ3v) is 2.54. The Labute approximate surface area is 73.9 Å². The third-order valence-electron chi connectivity index (χ3n) is 2.54. The minimum atomic E-state index is 0.0416. The first kappa shape index (κ1) is 9.52. The molecular weight excluding hydrogens is 152 g/mol. The van der Waals surface area contributed by atoms with Gasteiger partial charge in [-0.15, -0.1) is 0 Å². The van der Waals surface area contributed by atoms with Crippen molar-refractivity contribution in [1.82, 2.24) is 10.6 Å². The molecule has 2 N–H and O–H groups in total. The van der Waals surface area contributed by atoms with Crippen LogP contribution in [0.15, 0.2) is 0 Å². The van der Waals surface area contributed by atoms with Crippen molar-refractivity contribution in [1.29, 1.82) is 0 Å². The molecule has 1 saturated heterocycles. The van der Waals surface area contributed by atoms with Crippen LogP contribution in [-0.4, -0.2) is 25.5 Å². The minimum Gasteiger partial charge on any atom is -0.358 e. The highest BCUT2D eigenvalue weighted by atomic mass is 16.2. The van der Waals surface area contributed by atoms with Crippen LogP contribution >= 0.6 is 0 Å². The molecule has 0 saturated carbocycles. The van der Waals surface area contributed by atoms with Gasteiger partial charge in [0.05, 0.1) is 6.04 Å². The molecule has 1 aliphatic heterocycles. The lowest BCUT2D eigenvalue weighted by atomic mass is 10.0. The van der Waals surface area contributed by atoms with Crippen molar-refractivity contribution in [3.05, 3.63) is 0 Å². The van der Waals surface area contributed by atoms with E-state index in [9.17, 15) is 4.79 Å². The zero-order valence-electron chi connectivity index (χ0n) is 7.89. The predicted molar refractivity (Wildman–Crippen MR) is 48.9 cm³/mol. The summed E-state index contributed by atoms with van der Waals surface area (Å²) in [5, 5.41) is 5.93. The maximum Gasteiger partial charge on any atom is 0.236 e. The summed E-state index contributed by atoms with van der Waals surface area (Å²) in [4.78, 5) is 11.3. The highest BCUT2D eigenvalue weighted by Crippen LogP contribution is 2.15.